The van der Waals surface area contributed by atoms with Gasteiger partial charge in [-0.25, -0.2) is 8.42 Å². The number of aryl methyl sites for hydroxylation is 1. The van der Waals surface area contributed by atoms with Gasteiger partial charge in [0.1, 0.15) is 5.75 Å². The average molecular weight is 312 g/mol. The van der Waals surface area contributed by atoms with Crippen LogP contribution in [0.4, 0.5) is 5.69 Å². The standard InChI is InChI=1S/C14H14ClNO3S/c1-10-6-7-14(19-2)13(8-10)16-20(17,18)12-5-3-4-11(15)9-12/h3-9,16H,1-2H3. The minimum atomic E-state index is -3.70. The summed E-state index contributed by atoms with van der Waals surface area (Å²) in [5, 5.41) is 0.365. The van der Waals surface area contributed by atoms with Crippen LogP contribution in [0.1, 0.15) is 5.56 Å². The van der Waals surface area contributed by atoms with Gasteiger partial charge in [0.2, 0.25) is 0 Å². The van der Waals surface area contributed by atoms with Gasteiger partial charge in [-0.3, -0.25) is 4.72 Å². The summed E-state index contributed by atoms with van der Waals surface area (Å²) in [5.74, 6) is 0.459. The van der Waals surface area contributed by atoms with Crippen LogP contribution in [0.2, 0.25) is 5.02 Å². The zero-order valence-electron chi connectivity index (χ0n) is 11.1. The van der Waals surface area contributed by atoms with E-state index in [1.165, 1.54) is 19.2 Å². The number of anilines is 1. The van der Waals surface area contributed by atoms with Crippen molar-refractivity contribution in [3.05, 3.63) is 53.1 Å². The molecule has 0 amide bonds. The molecule has 0 atom stereocenters. The molecule has 0 fully saturated rings. The van der Waals surface area contributed by atoms with Gasteiger partial charge in [0.15, 0.2) is 0 Å². The van der Waals surface area contributed by atoms with Crippen molar-refractivity contribution in [3.63, 3.8) is 0 Å². The van der Waals surface area contributed by atoms with E-state index < -0.39 is 10.0 Å². The fourth-order valence-corrected chi connectivity index (χ4v) is 3.10. The van der Waals surface area contributed by atoms with E-state index in [2.05, 4.69) is 4.72 Å². The monoisotopic (exact) mass is 311 g/mol. The summed E-state index contributed by atoms with van der Waals surface area (Å²) in [6, 6.07) is 11.4. The molecule has 0 saturated heterocycles. The molecule has 0 saturated carbocycles. The van der Waals surface area contributed by atoms with Crippen LogP contribution >= 0.6 is 11.6 Å². The van der Waals surface area contributed by atoms with Gasteiger partial charge in [-0.1, -0.05) is 23.7 Å². The van der Waals surface area contributed by atoms with Gasteiger partial charge in [-0.2, -0.15) is 0 Å². The Morgan fingerprint density at radius 1 is 1.15 bits per heavy atom. The van der Waals surface area contributed by atoms with E-state index in [0.29, 0.717) is 16.5 Å². The maximum absolute atomic E-state index is 12.3. The normalized spacial score (nSPS) is 11.2. The first-order valence-electron chi connectivity index (χ1n) is 5.85. The predicted octanol–water partition coefficient (Wildman–Crippen LogP) is 3.46. The molecule has 0 spiro atoms. The van der Waals surface area contributed by atoms with Gasteiger partial charge in [-0.05, 0) is 42.8 Å². The maximum atomic E-state index is 12.3. The van der Waals surface area contributed by atoms with Gasteiger partial charge in [-0.15, -0.1) is 0 Å². The van der Waals surface area contributed by atoms with Gasteiger partial charge in [0.25, 0.3) is 10.0 Å². The van der Waals surface area contributed by atoms with Gasteiger partial charge >= 0.3 is 0 Å². The highest BCUT2D eigenvalue weighted by Gasteiger charge is 2.16. The van der Waals surface area contributed by atoms with Crippen molar-refractivity contribution in [2.45, 2.75) is 11.8 Å². The number of halogens is 1. The van der Waals surface area contributed by atoms with Crippen LogP contribution in [-0.4, -0.2) is 15.5 Å². The predicted molar refractivity (Wildman–Crippen MR) is 80.0 cm³/mol. The van der Waals surface area contributed by atoms with Crippen LogP contribution in [0.5, 0.6) is 5.75 Å². The molecule has 0 aromatic heterocycles. The molecule has 106 valence electrons. The minimum absolute atomic E-state index is 0.105. The molecule has 0 heterocycles. The van der Waals surface area contributed by atoms with Crippen molar-refractivity contribution >= 4 is 27.3 Å². The van der Waals surface area contributed by atoms with Gasteiger partial charge in [0.05, 0.1) is 17.7 Å². The van der Waals surface area contributed by atoms with Crippen LogP contribution in [0.3, 0.4) is 0 Å². The largest absolute Gasteiger partial charge is 0.495 e. The Hall–Kier alpha value is -1.72. The van der Waals surface area contributed by atoms with Crippen molar-refractivity contribution in [2.24, 2.45) is 0 Å². The molecule has 20 heavy (non-hydrogen) atoms. The molecule has 0 aliphatic carbocycles. The number of methoxy groups -OCH3 is 1. The molecule has 4 nitrogen and oxygen atoms in total. The van der Waals surface area contributed by atoms with Gasteiger partial charge < -0.3 is 4.74 Å². The van der Waals surface area contributed by atoms with E-state index in [0.717, 1.165) is 5.56 Å². The highest BCUT2D eigenvalue weighted by atomic mass is 35.5. The molecular weight excluding hydrogens is 298 g/mol. The SMILES string of the molecule is COc1ccc(C)cc1NS(=O)(=O)c1cccc(Cl)c1. The van der Waals surface area contributed by atoms with Crippen LogP contribution in [0.15, 0.2) is 47.4 Å². The lowest BCUT2D eigenvalue weighted by molar-refractivity contribution is 0.417. The van der Waals surface area contributed by atoms with E-state index in [-0.39, 0.29) is 4.90 Å². The lowest BCUT2D eigenvalue weighted by Crippen LogP contribution is -2.13. The molecule has 0 unspecified atom stereocenters. The summed E-state index contributed by atoms with van der Waals surface area (Å²) in [6.45, 7) is 1.87. The maximum Gasteiger partial charge on any atom is 0.262 e. The van der Waals surface area contributed by atoms with E-state index in [1.807, 2.05) is 13.0 Å². The molecule has 2 aromatic carbocycles. The third-order valence-corrected chi connectivity index (χ3v) is 4.30. The third kappa shape index (κ3) is 3.23. The average Bonchev–Trinajstić information content (AvgIpc) is 2.38. The molecule has 0 bridgehead atoms. The number of ether oxygens (including phenoxy) is 1. The van der Waals surface area contributed by atoms with E-state index in [4.69, 9.17) is 16.3 Å². The van der Waals surface area contributed by atoms with E-state index in [9.17, 15) is 8.42 Å². The highest BCUT2D eigenvalue weighted by Crippen LogP contribution is 2.28. The van der Waals surface area contributed by atoms with Crippen LogP contribution in [0.25, 0.3) is 0 Å². The number of hydrogen-bond acceptors (Lipinski definition) is 3. The van der Waals surface area contributed by atoms with Crippen LogP contribution in [-0.2, 0) is 10.0 Å². The molecular formula is C14H14ClNO3S. The number of hydrogen-bond donors (Lipinski definition) is 1. The van der Waals surface area contributed by atoms with Crippen molar-refractivity contribution in [2.75, 3.05) is 11.8 Å². The Bertz CT molecular complexity index is 729. The summed E-state index contributed by atoms with van der Waals surface area (Å²) >= 11 is 5.82. The van der Waals surface area contributed by atoms with Crippen LogP contribution < -0.4 is 9.46 Å². The Kier molecular flexibility index (Phi) is 4.20. The molecule has 2 rings (SSSR count). The summed E-state index contributed by atoms with van der Waals surface area (Å²) in [5.41, 5.74) is 1.32. The smallest absolute Gasteiger partial charge is 0.262 e. The molecule has 2 aromatic rings. The fraction of sp³-hybridized carbons (Fsp3) is 0.143. The number of sulfonamides is 1. The molecule has 6 heteroatoms. The fourth-order valence-electron chi connectivity index (χ4n) is 1.74. The molecule has 1 N–H and O–H groups in total. The van der Waals surface area contributed by atoms with Crippen molar-refractivity contribution in [1.82, 2.24) is 0 Å². The quantitative estimate of drug-likeness (QED) is 0.940. The lowest BCUT2D eigenvalue weighted by atomic mass is 10.2. The summed E-state index contributed by atoms with van der Waals surface area (Å²) < 4.78 is 32.3. The third-order valence-electron chi connectivity index (χ3n) is 2.71. The Morgan fingerprint density at radius 2 is 1.90 bits per heavy atom. The zero-order valence-corrected chi connectivity index (χ0v) is 12.6. The number of rotatable bonds is 4. The second-order valence-electron chi connectivity index (χ2n) is 4.27. The first-order valence-corrected chi connectivity index (χ1v) is 7.71. The Morgan fingerprint density at radius 3 is 2.55 bits per heavy atom. The Balaban J connectivity index is 2.40. The molecule has 0 aliphatic rings. The zero-order chi connectivity index (χ0) is 14.8. The summed E-state index contributed by atoms with van der Waals surface area (Å²) in [6.07, 6.45) is 0. The summed E-state index contributed by atoms with van der Waals surface area (Å²) in [4.78, 5) is 0.105. The lowest BCUT2D eigenvalue weighted by Gasteiger charge is -2.12. The van der Waals surface area contributed by atoms with Crippen LogP contribution in [0, 0.1) is 6.92 Å². The Labute approximate surface area is 123 Å². The molecule has 0 aliphatic heterocycles. The molecule has 0 radical (unpaired) electrons. The first-order chi connectivity index (χ1) is 9.42. The highest BCUT2D eigenvalue weighted by molar-refractivity contribution is 7.92. The second-order valence-corrected chi connectivity index (χ2v) is 6.39. The number of benzene rings is 2. The first kappa shape index (κ1) is 14.7. The van der Waals surface area contributed by atoms with E-state index in [1.54, 1.807) is 24.3 Å². The van der Waals surface area contributed by atoms with Gasteiger partial charge in [0, 0.05) is 5.02 Å². The van der Waals surface area contributed by atoms with Crippen molar-refractivity contribution in [3.8, 4) is 5.75 Å². The van der Waals surface area contributed by atoms with E-state index >= 15 is 0 Å². The van der Waals surface area contributed by atoms with Crippen molar-refractivity contribution in [1.29, 1.82) is 0 Å². The minimum Gasteiger partial charge on any atom is -0.495 e. The topological polar surface area (TPSA) is 55.4 Å². The number of nitrogens with one attached hydrogen (secondary N) is 1. The van der Waals surface area contributed by atoms with Crippen molar-refractivity contribution < 1.29 is 13.2 Å². The second kappa shape index (κ2) is 5.73. The summed E-state index contributed by atoms with van der Waals surface area (Å²) in [7, 11) is -2.21.